The van der Waals surface area contributed by atoms with Crippen LogP contribution in [0.25, 0.3) is 47.7 Å². The summed E-state index contributed by atoms with van der Waals surface area (Å²) in [7, 11) is 25.5. The van der Waals surface area contributed by atoms with Crippen molar-refractivity contribution in [2.75, 3.05) is 0 Å². The monoisotopic (exact) mass is 389 g/mol. The number of nitrogens with zero attached hydrogens (tertiary/aromatic N) is 1. The lowest BCUT2D eigenvalue weighted by atomic mass is 9.65. The molecule has 4 aromatic carbocycles. The van der Waals surface area contributed by atoms with Crippen LogP contribution < -0.4 is 21.9 Å². The van der Waals surface area contributed by atoms with E-state index in [1.165, 1.54) is 20.2 Å². The quantitative estimate of drug-likeness (QED) is 0.381. The summed E-state index contributed by atoms with van der Waals surface area (Å²) in [5, 5.41) is 4.25. The van der Waals surface area contributed by atoms with Gasteiger partial charge >= 0.3 is 0 Å². The van der Waals surface area contributed by atoms with Crippen molar-refractivity contribution in [1.82, 2.24) is 4.57 Å². The third kappa shape index (κ3) is 2.23. The molecule has 0 bridgehead atoms. The number of thiophene rings is 1. The van der Waals surface area contributed by atoms with Crippen molar-refractivity contribution >= 4 is 107 Å². The van der Waals surface area contributed by atoms with Gasteiger partial charge in [0, 0.05) is 36.8 Å². The predicted molar refractivity (Wildman–Crippen MR) is 135 cm³/mol. The molecular formula is C24H11B4NS. The third-order valence-corrected chi connectivity index (χ3v) is 7.01. The first kappa shape index (κ1) is 18.0. The lowest BCUT2D eigenvalue weighted by molar-refractivity contribution is 1.19. The number of benzene rings is 4. The highest BCUT2D eigenvalue weighted by Gasteiger charge is 2.21. The van der Waals surface area contributed by atoms with Crippen molar-refractivity contribution in [2.45, 2.75) is 0 Å². The van der Waals surface area contributed by atoms with E-state index in [2.05, 4.69) is 53.1 Å². The van der Waals surface area contributed by atoms with Gasteiger partial charge in [0.1, 0.15) is 31.4 Å². The Morgan fingerprint density at radius 3 is 2.03 bits per heavy atom. The molecule has 0 amide bonds. The molecule has 0 saturated heterocycles. The summed E-state index contributed by atoms with van der Waals surface area (Å²) in [5.41, 5.74) is 4.43. The minimum absolute atomic E-state index is 0.325. The summed E-state index contributed by atoms with van der Waals surface area (Å²) in [6, 6.07) is 22.9. The Bertz CT molecular complexity index is 1630. The van der Waals surface area contributed by atoms with Gasteiger partial charge < -0.3 is 4.57 Å². The maximum atomic E-state index is 6.54. The van der Waals surface area contributed by atoms with E-state index >= 15 is 0 Å². The fourth-order valence-electron chi connectivity index (χ4n) is 4.50. The van der Waals surface area contributed by atoms with E-state index in [1.807, 2.05) is 18.2 Å². The zero-order valence-corrected chi connectivity index (χ0v) is 16.8. The van der Waals surface area contributed by atoms with Gasteiger partial charge in [-0.15, -0.1) is 22.3 Å². The molecule has 0 unspecified atom stereocenters. The van der Waals surface area contributed by atoms with Gasteiger partial charge in [-0.1, -0.05) is 53.4 Å². The van der Waals surface area contributed by atoms with Gasteiger partial charge in [0.2, 0.25) is 0 Å². The average molecular weight is 389 g/mol. The van der Waals surface area contributed by atoms with Crippen molar-refractivity contribution in [1.29, 1.82) is 0 Å². The predicted octanol–water partition coefficient (Wildman–Crippen LogP) is 2.33. The molecule has 6 aromatic rings. The van der Waals surface area contributed by atoms with E-state index < -0.39 is 0 Å². The van der Waals surface area contributed by atoms with Gasteiger partial charge in [0.15, 0.2) is 0 Å². The van der Waals surface area contributed by atoms with Crippen LogP contribution in [0, 0.1) is 0 Å². The number of fused-ring (bicyclic) bond motifs is 7. The van der Waals surface area contributed by atoms with E-state index in [-0.39, 0.29) is 0 Å². The minimum Gasteiger partial charge on any atom is -0.309 e. The number of aromatic nitrogens is 1. The van der Waals surface area contributed by atoms with Gasteiger partial charge in [-0.3, -0.25) is 0 Å². The molecule has 30 heavy (non-hydrogen) atoms. The fraction of sp³-hybridized carbons (Fsp3) is 0. The molecule has 8 radical (unpaired) electrons. The van der Waals surface area contributed by atoms with Gasteiger partial charge in [-0.2, -0.15) is 0 Å². The Balaban J connectivity index is 2.01. The number of hydrogen-bond acceptors (Lipinski definition) is 1. The van der Waals surface area contributed by atoms with Crippen LogP contribution in [-0.4, -0.2) is 36.0 Å². The normalized spacial score (nSPS) is 11.9. The zero-order valence-electron chi connectivity index (χ0n) is 16.0. The average Bonchev–Trinajstić information content (AvgIpc) is 3.32. The van der Waals surface area contributed by atoms with Crippen molar-refractivity contribution in [3.63, 3.8) is 0 Å². The highest BCUT2D eigenvalue weighted by molar-refractivity contribution is 7.26. The summed E-state index contributed by atoms with van der Waals surface area (Å²) in [6.07, 6.45) is 0. The van der Waals surface area contributed by atoms with Crippen molar-refractivity contribution < 1.29 is 0 Å². The standard InChI is InChI=1S/C24H11B4NS/c25-19-18-14-10-11-16-17(13-8-4-5-9-15(13)30-16)23(14)29(12-6-2-1-3-7-12)24(18)22(28)21(27)20(19)26/h1-11H. The second kappa shape index (κ2) is 6.33. The van der Waals surface area contributed by atoms with Gasteiger partial charge in [-0.25, -0.2) is 0 Å². The Hall–Kier alpha value is -2.84. The first-order chi connectivity index (χ1) is 14.6. The molecule has 0 saturated carbocycles. The molecule has 2 heterocycles. The molecular weight excluding hydrogens is 378 g/mol. The summed E-state index contributed by atoms with van der Waals surface area (Å²) in [5.74, 6) is 0. The van der Waals surface area contributed by atoms with Gasteiger partial charge in [0.05, 0.1) is 5.52 Å². The van der Waals surface area contributed by atoms with Gasteiger partial charge in [-0.05, 0) is 29.7 Å². The van der Waals surface area contributed by atoms with Crippen molar-refractivity contribution in [2.24, 2.45) is 0 Å². The first-order valence-electron chi connectivity index (χ1n) is 9.63. The Morgan fingerprint density at radius 2 is 1.23 bits per heavy atom. The smallest absolute Gasteiger partial charge is 0.115 e. The molecule has 2 aromatic heterocycles. The SMILES string of the molecule is [B]c1c([B])c([B])c2c(c1[B])c1ccc3sc4ccccc4c3c1n2-c1ccccc1. The highest BCUT2D eigenvalue weighted by atomic mass is 32.1. The van der Waals surface area contributed by atoms with Crippen LogP contribution in [0.4, 0.5) is 0 Å². The number of rotatable bonds is 1. The van der Waals surface area contributed by atoms with E-state index in [1.54, 1.807) is 11.3 Å². The Labute approximate surface area is 183 Å². The second-order valence-electron chi connectivity index (χ2n) is 7.48. The summed E-state index contributed by atoms with van der Waals surface area (Å²) in [4.78, 5) is 0. The molecule has 0 aliphatic carbocycles. The molecule has 0 N–H and O–H groups in total. The topological polar surface area (TPSA) is 4.93 Å². The number of hydrogen-bond donors (Lipinski definition) is 0. The van der Waals surface area contributed by atoms with Crippen LogP contribution in [0.3, 0.4) is 0 Å². The highest BCUT2D eigenvalue weighted by Crippen LogP contribution is 2.41. The fourth-order valence-corrected chi connectivity index (χ4v) is 5.61. The van der Waals surface area contributed by atoms with Crippen LogP contribution in [0.15, 0.2) is 66.7 Å². The molecule has 0 atom stereocenters. The van der Waals surface area contributed by atoms with Gasteiger partial charge in [0.25, 0.3) is 0 Å². The van der Waals surface area contributed by atoms with Crippen LogP contribution in [-0.2, 0) is 0 Å². The molecule has 0 aliphatic rings. The third-order valence-electron chi connectivity index (χ3n) is 5.88. The van der Waals surface area contributed by atoms with E-state index in [4.69, 9.17) is 31.4 Å². The molecule has 6 rings (SSSR count). The molecule has 130 valence electrons. The summed E-state index contributed by atoms with van der Waals surface area (Å²) < 4.78 is 4.62. The lowest BCUT2D eigenvalue weighted by Gasteiger charge is -2.16. The first-order valence-corrected chi connectivity index (χ1v) is 10.4. The second-order valence-corrected chi connectivity index (χ2v) is 8.57. The van der Waals surface area contributed by atoms with Crippen molar-refractivity contribution in [3.8, 4) is 5.69 Å². The zero-order chi connectivity index (χ0) is 20.6. The molecule has 0 spiro atoms. The molecule has 6 heteroatoms. The Morgan fingerprint density at radius 1 is 0.533 bits per heavy atom. The maximum Gasteiger partial charge on any atom is 0.115 e. The van der Waals surface area contributed by atoms with Crippen LogP contribution in [0.2, 0.25) is 0 Å². The van der Waals surface area contributed by atoms with E-state index in [9.17, 15) is 0 Å². The minimum atomic E-state index is 0.325. The summed E-state index contributed by atoms with van der Waals surface area (Å²) >= 11 is 1.78. The Kier molecular flexibility index (Phi) is 3.79. The largest absolute Gasteiger partial charge is 0.309 e. The van der Waals surface area contributed by atoms with Crippen LogP contribution in [0.5, 0.6) is 0 Å². The molecule has 1 nitrogen and oxygen atoms in total. The lowest BCUT2D eigenvalue weighted by Crippen LogP contribution is -2.48. The molecule has 0 fully saturated rings. The van der Waals surface area contributed by atoms with Crippen LogP contribution >= 0.6 is 11.3 Å². The van der Waals surface area contributed by atoms with Crippen molar-refractivity contribution in [3.05, 3.63) is 66.7 Å². The molecule has 0 aliphatic heterocycles. The maximum absolute atomic E-state index is 6.54. The van der Waals surface area contributed by atoms with E-state index in [0.29, 0.717) is 21.9 Å². The number of para-hydroxylation sites is 1. The van der Waals surface area contributed by atoms with Crippen LogP contribution in [0.1, 0.15) is 0 Å². The summed E-state index contributed by atoms with van der Waals surface area (Å²) in [6.45, 7) is 0. The van der Waals surface area contributed by atoms with E-state index in [0.717, 1.165) is 27.5 Å².